The van der Waals surface area contributed by atoms with E-state index in [-0.39, 0.29) is 16.5 Å². The molecule has 1 amide bonds. The molecule has 0 fully saturated rings. The van der Waals surface area contributed by atoms with Crippen LogP contribution in [-0.4, -0.2) is 13.0 Å². The number of methoxy groups -OCH3 is 1. The lowest BCUT2D eigenvalue weighted by molar-refractivity contribution is 0.102. The summed E-state index contributed by atoms with van der Waals surface area (Å²) in [7, 11) is 1.36. The van der Waals surface area contributed by atoms with E-state index < -0.39 is 11.7 Å². The average molecular weight is 270 g/mol. The number of ether oxygens (including phenoxy) is 1. The summed E-state index contributed by atoms with van der Waals surface area (Å²) >= 11 is 5.66. The molecular formula is C12H9ClFNO3. The average Bonchev–Trinajstić information content (AvgIpc) is 2.76. The molecule has 0 aliphatic rings. The van der Waals surface area contributed by atoms with Crippen molar-refractivity contribution in [1.82, 2.24) is 0 Å². The Morgan fingerprint density at radius 3 is 2.78 bits per heavy atom. The van der Waals surface area contributed by atoms with E-state index in [0.717, 1.165) is 6.07 Å². The van der Waals surface area contributed by atoms with E-state index in [1.54, 1.807) is 0 Å². The van der Waals surface area contributed by atoms with Crippen LogP contribution in [0.15, 0.2) is 34.9 Å². The highest BCUT2D eigenvalue weighted by atomic mass is 35.5. The van der Waals surface area contributed by atoms with Crippen LogP contribution < -0.4 is 10.1 Å². The van der Waals surface area contributed by atoms with Crippen LogP contribution in [0.4, 0.5) is 10.1 Å². The Bertz CT molecular complexity index is 582. The van der Waals surface area contributed by atoms with Crippen LogP contribution in [0.3, 0.4) is 0 Å². The summed E-state index contributed by atoms with van der Waals surface area (Å²) in [5.41, 5.74) is 0.489. The van der Waals surface area contributed by atoms with Gasteiger partial charge < -0.3 is 14.5 Å². The molecule has 18 heavy (non-hydrogen) atoms. The largest absolute Gasteiger partial charge is 0.494 e. The van der Waals surface area contributed by atoms with Gasteiger partial charge in [-0.25, -0.2) is 4.39 Å². The first kappa shape index (κ1) is 12.4. The van der Waals surface area contributed by atoms with E-state index in [1.165, 1.54) is 31.6 Å². The van der Waals surface area contributed by atoms with E-state index in [1.807, 2.05) is 0 Å². The molecule has 2 rings (SSSR count). The highest BCUT2D eigenvalue weighted by Gasteiger charge is 2.13. The van der Waals surface area contributed by atoms with Gasteiger partial charge in [0.05, 0.1) is 18.9 Å². The molecule has 0 saturated heterocycles. The second-order valence-corrected chi connectivity index (χ2v) is 3.75. The maximum Gasteiger partial charge on any atom is 0.260 e. The Labute approximate surface area is 107 Å². The number of anilines is 1. The zero-order valence-corrected chi connectivity index (χ0v) is 10.1. The molecule has 0 aliphatic carbocycles. The monoisotopic (exact) mass is 269 g/mol. The third-order valence-corrected chi connectivity index (χ3v) is 2.56. The van der Waals surface area contributed by atoms with Crippen molar-refractivity contribution in [2.75, 3.05) is 12.4 Å². The van der Waals surface area contributed by atoms with Gasteiger partial charge in [-0.2, -0.15) is 0 Å². The molecule has 0 bridgehead atoms. The van der Waals surface area contributed by atoms with Crippen LogP contribution in [0.5, 0.6) is 5.75 Å². The van der Waals surface area contributed by atoms with Gasteiger partial charge in [-0.15, -0.1) is 0 Å². The summed E-state index contributed by atoms with van der Waals surface area (Å²) in [6, 6.07) is 5.53. The zero-order valence-electron chi connectivity index (χ0n) is 9.37. The fourth-order valence-corrected chi connectivity index (χ4v) is 1.60. The highest BCUT2D eigenvalue weighted by Crippen LogP contribution is 2.22. The SMILES string of the molecule is COc1ccc(NC(=O)c2ccoc2Cl)cc1F. The van der Waals surface area contributed by atoms with Gasteiger partial charge in [0.25, 0.3) is 5.91 Å². The summed E-state index contributed by atoms with van der Waals surface area (Å²) in [5.74, 6) is -0.929. The normalized spacial score (nSPS) is 10.2. The molecule has 1 aromatic carbocycles. The minimum Gasteiger partial charge on any atom is -0.494 e. The van der Waals surface area contributed by atoms with Crippen LogP contribution in [0.2, 0.25) is 5.22 Å². The number of carbonyl (C=O) groups excluding carboxylic acids is 1. The van der Waals surface area contributed by atoms with E-state index in [0.29, 0.717) is 5.69 Å². The van der Waals surface area contributed by atoms with Crippen molar-refractivity contribution in [3.8, 4) is 5.75 Å². The number of amides is 1. The third-order valence-electron chi connectivity index (χ3n) is 2.27. The zero-order chi connectivity index (χ0) is 13.1. The lowest BCUT2D eigenvalue weighted by Gasteiger charge is -2.06. The highest BCUT2D eigenvalue weighted by molar-refractivity contribution is 6.32. The van der Waals surface area contributed by atoms with Gasteiger partial charge in [0.2, 0.25) is 5.22 Å². The first-order valence-electron chi connectivity index (χ1n) is 4.99. The third kappa shape index (κ3) is 2.46. The molecule has 4 nitrogen and oxygen atoms in total. The molecule has 1 aromatic heterocycles. The standard InChI is InChI=1S/C12H9ClFNO3/c1-17-10-3-2-7(6-9(10)14)15-12(16)8-4-5-18-11(8)13/h2-6H,1H3,(H,15,16). The molecule has 0 aliphatic heterocycles. The second-order valence-electron chi connectivity index (χ2n) is 3.41. The number of furan rings is 1. The Morgan fingerprint density at radius 1 is 1.44 bits per heavy atom. The maximum absolute atomic E-state index is 13.4. The Morgan fingerprint density at radius 2 is 2.22 bits per heavy atom. The first-order valence-corrected chi connectivity index (χ1v) is 5.37. The van der Waals surface area contributed by atoms with Crippen molar-refractivity contribution < 1.29 is 18.3 Å². The quantitative estimate of drug-likeness (QED) is 0.930. The summed E-state index contributed by atoms with van der Waals surface area (Å²) in [6.07, 6.45) is 1.30. The van der Waals surface area contributed by atoms with E-state index in [2.05, 4.69) is 5.32 Å². The molecule has 0 unspecified atom stereocenters. The van der Waals surface area contributed by atoms with Crippen molar-refractivity contribution in [2.24, 2.45) is 0 Å². The first-order chi connectivity index (χ1) is 8.61. The molecule has 0 atom stereocenters. The summed E-state index contributed by atoms with van der Waals surface area (Å²) in [5, 5.41) is 2.49. The lowest BCUT2D eigenvalue weighted by atomic mass is 10.2. The molecule has 2 aromatic rings. The van der Waals surface area contributed by atoms with Crippen molar-refractivity contribution in [3.05, 3.63) is 47.1 Å². The van der Waals surface area contributed by atoms with Crippen LogP contribution in [0.25, 0.3) is 0 Å². The number of carbonyl (C=O) groups is 1. The number of nitrogens with one attached hydrogen (secondary N) is 1. The van der Waals surface area contributed by atoms with Gasteiger partial charge in [-0.05, 0) is 29.8 Å². The number of halogens is 2. The van der Waals surface area contributed by atoms with Crippen molar-refractivity contribution in [1.29, 1.82) is 0 Å². The molecule has 0 spiro atoms. The summed E-state index contributed by atoms with van der Waals surface area (Å²) in [4.78, 5) is 11.8. The Hall–Kier alpha value is -2.01. The van der Waals surface area contributed by atoms with Crippen LogP contribution >= 0.6 is 11.6 Å². The lowest BCUT2D eigenvalue weighted by Crippen LogP contribution is -2.11. The molecule has 0 saturated carbocycles. The fourth-order valence-electron chi connectivity index (χ4n) is 1.40. The minimum absolute atomic E-state index is 0.0125. The Balaban J connectivity index is 2.17. The van der Waals surface area contributed by atoms with E-state index in [9.17, 15) is 9.18 Å². The second kappa shape index (κ2) is 5.10. The molecular weight excluding hydrogens is 261 g/mol. The molecule has 1 N–H and O–H groups in total. The maximum atomic E-state index is 13.4. The van der Waals surface area contributed by atoms with Gasteiger partial charge in [0.1, 0.15) is 0 Å². The minimum atomic E-state index is -0.561. The molecule has 0 radical (unpaired) electrons. The van der Waals surface area contributed by atoms with Crippen molar-refractivity contribution >= 4 is 23.2 Å². The summed E-state index contributed by atoms with van der Waals surface area (Å²) in [6.45, 7) is 0. The number of benzene rings is 1. The van der Waals surface area contributed by atoms with Gasteiger partial charge in [-0.1, -0.05) is 0 Å². The number of hydrogen-bond acceptors (Lipinski definition) is 3. The number of hydrogen-bond donors (Lipinski definition) is 1. The smallest absolute Gasteiger partial charge is 0.260 e. The van der Waals surface area contributed by atoms with Gasteiger partial charge in [0.15, 0.2) is 11.6 Å². The predicted molar refractivity (Wildman–Crippen MR) is 64.6 cm³/mol. The van der Waals surface area contributed by atoms with Gasteiger partial charge >= 0.3 is 0 Å². The molecule has 6 heteroatoms. The molecule has 94 valence electrons. The van der Waals surface area contributed by atoms with E-state index >= 15 is 0 Å². The van der Waals surface area contributed by atoms with Gasteiger partial charge in [-0.3, -0.25) is 4.79 Å². The van der Waals surface area contributed by atoms with Crippen molar-refractivity contribution in [2.45, 2.75) is 0 Å². The number of rotatable bonds is 3. The topological polar surface area (TPSA) is 51.5 Å². The summed E-state index contributed by atoms with van der Waals surface area (Å²) < 4.78 is 23.0. The van der Waals surface area contributed by atoms with Gasteiger partial charge in [0, 0.05) is 11.8 Å². The molecule has 1 heterocycles. The van der Waals surface area contributed by atoms with Crippen LogP contribution in [0.1, 0.15) is 10.4 Å². The fraction of sp³-hybridized carbons (Fsp3) is 0.0833. The van der Waals surface area contributed by atoms with Crippen molar-refractivity contribution in [3.63, 3.8) is 0 Å². The Kier molecular flexibility index (Phi) is 3.53. The van der Waals surface area contributed by atoms with E-state index in [4.69, 9.17) is 20.8 Å². The predicted octanol–water partition coefficient (Wildman–Crippen LogP) is 3.33. The van der Waals surface area contributed by atoms with Crippen LogP contribution in [-0.2, 0) is 0 Å². The van der Waals surface area contributed by atoms with Crippen LogP contribution in [0, 0.1) is 5.82 Å².